The van der Waals surface area contributed by atoms with Crippen molar-refractivity contribution in [3.8, 4) is 17.2 Å². The van der Waals surface area contributed by atoms with Crippen molar-refractivity contribution >= 4 is 17.5 Å². The monoisotopic (exact) mass is 494 g/mol. The van der Waals surface area contributed by atoms with Crippen LogP contribution in [0.4, 0.5) is 0 Å². The Morgan fingerprint density at radius 1 is 1.03 bits per heavy atom. The van der Waals surface area contributed by atoms with Crippen molar-refractivity contribution in [1.82, 2.24) is 10.2 Å². The van der Waals surface area contributed by atoms with E-state index in [2.05, 4.69) is 16.3 Å². The molecule has 1 aliphatic heterocycles. The molecule has 0 saturated heterocycles. The molecule has 1 aliphatic rings. The molecule has 7 heteroatoms. The molecule has 1 amide bonds. The van der Waals surface area contributed by atoms with E-state index in [4.69, 9.17) is 25.8 Å². The van der Waals surface area contributed by atoms with Crippen LogP contribution in [0.5, 0.6) is 17.2 Å². The van der Waals surface area contributed by atoms with E-state index >= 15 is 0 Å². The van der Waals surface area contributed by atoms with Crippen molar-refractivity contribution < 1.29 is 19.0 Å². The zero-order chi connectivity index (χ0) is 24.9. The molecular formula is C28H31ClN2O4. The van der Waals surface area contributed by atoms with Crippen LogP contribution < -0.4 is 19.5 Å². The Balaban J connectivity index is 1.70. The molecule has 6 nitrogen and oxygen atoms in total. The molecule has 4 rings (SSSR count). The first kappa shape index (κ1) is 24.9. The third-order valence-corrected chi connectivity index (χ3v) is 6.83. The first-order chi connectivity index (χ1) is 16.9. The van der Waals surface area contributed by atoms with Gasteiger partial charge in [0.1, 0.15) is 5.75 Å². The molecule has 1 heterocycles. The largest absolute Gasteiger partial charge is 0.497 e. The number of ether oxygens (including phenoxy) is 3. The normalized spacial score (nSPS) is 16.2. The fraction of sp³-hybridized carbons (Fsp3) is 0.321. The number of rotatable bonds is 8. The van der Waals surface area contributed by atoms with Gasteiger partial charge in [-0.05, 0) is 66.4 Å². The highest BCUT2D eigenvalue weighted by molar-refractivity contribution is 6.33. The van der Waals surface area contributed by atoms with Crippen LogP contribution in [0.1, 0.15) is 40.0 Å². The minimum absolute atomic E-state index is 0.0869. The Morgan fingerprint density at radius 3 is 2.49 bits per heavy atom. The molecule has 0 radical (unpaired) electrons. The van der Waals surface area contributed by atoms with E-state index in [1.54, 1.807) is 33.5 Å². The molecule has 184 valence electrons. The zero-order valence-corrected chi connectivity index (χ0v) is 21.3. The number of hydrogen-bond donors (Lipinski definition) is 1. The summed E-state index contributed by atoms with van der Waals surface area (Å²) in [7, 11) is 4.95. The highest BCUT2D eigenvalue weighted by atomic mass is 35.5. The van der Waals surface area contributed by atoms with Gasteiger partial charge in [0.25, 0.3) is 5.91 Å². The summed E-state index contributed by atoms with van der Waals surface area (Å²) in [6, 6.07) is 19.0. The van der Waals surface area contributed by atoms with Gasteiger partial charge in [0.15, 0.2) is 11.5 Å². The maximum atomic E-state index is 13.1. The van der Waals surface area contributed by atoms with Gasteiger partial charge < -0.3 is 19.5 Å². The molecule has 0 spiro atoms. The molecule has 2 atom stereocenters. The van der Waals surface area contributed by atoms with Crippen molar-refractivity contribution in [1.29, 1.82) is 0 Å². The summed E-state index contributed by atoms with van der Waals surface area (Å²) < 4.78 is 16.6. The van der Waals surface area contributed by atoms with Crippen LogP contribution in [-0.4, -0.2) is 44.7 Å². The van der Waals surface area contributed by atoms with Crippen LogP contribution in [0.15, 0.2) is 60.7 Å². The Bertz CT molecular complexity index is 1200. The lowest BCUT2D eigenvalue weighted by atomic mass is 9.87. The van der Waals surface area contributed by atoms with Crippen LogP contribution in [0.25, 0.3) is 0 Å². The number of carbonyl (C=O) groups is 1. The molecular weight excluding hydrogens is 464 g/mol. The number of fused-ring (bicyclic) bond motifs is 1. The quantitative estimate of drug-likeness (QED) is 0.461. The molecule has 0 aliphatic carbocycles. The third-order valence-electron chi connectivity index (χ3n) is 6.50. The van der Waals surface area contributed by atoms with Crippen LogP contribution in [0.3, 0.4) is 0 Å². The minimum Gasteiger partial charge on any atom is -0.497 e. The van der Waals surface area contributed by atoms with E-state index in [0.29, 0.717) is 28.6 Å². The summed E-state index contributed by atoms with van der Waals surface area (Å²) in [5, 5.41) is 3.62. The molecule has 0 fully saturated rings. The van der Waals surface area contributed by atoms with Gasteiger partial charge in [0.05, 0.1) is 38.0 Å². The van der Waals surface area contributed by atoms with E-state index < -0.39 is 0 Å². The van der Waals surface area contributed by atoms with Gasteiger partial charge in [-0.2, -0.15) is 0 Å². The van der Waals surface area contributed by atoms with Crippen LogP contribution in [0, 0.1) is 0 Å². The highest BCUT2D eigenvalue weighted by Gasteiger charge is 2.34. The van der Waals surface area contributed by atoms with E-state index in [1.807, 2.05) is 49.4 Å². The number of amides is 1. The van der Waals surface area contributed by atoms with E-state index in [-0.39, 0.29) is 18.0 Å². The lowest BCUT2D eigenvalue weighted by Crippen LogP contribution is -2.47. The van der Waals surface area contributed by atoms with Crippen molar-refractivity contribution in [2.24, 2.45) is 0 Å². The summed E-state index contributed by atoms with van der Waals surface area (Å²) in [4.78, 5) is 15.5. The summed E-state index contributed by atoms with van der Waals surface area (Å²) in [6.45, 7) is 3.57. The van der Waals surface area contributed by atoms with E-state index in [1.165, 1.54) is 5.56 Å². The summed E-state index contributed by atoms with van der Waals surface area (Å²) in [6.07, 6.45) is 0.862. The van der Waals surface area contributed by atoms with Crippen molar-refractivity contribution in [3.05, 3.63) is 87.9 Å². The third kappa shape index (κ3) is 5.39. The number of methoxy groups -OCH3 is 3. The van der Waals surface area contributed by atoms with Crippen molar-refractivity contribution in [3.63, 3.8) is 0 Å². The smallest absolute Gasteiger partial charge is 0.253 e. The minimum atomic E-state index is -0.207. The molecule has 35 heavy (non-hydrogen) atoms. The number of benzene rings is 3. The number of carbonyl (C=O) groups excluding carboxylic acids is 1. The topological polar surface area (TPSA) is 60.0 Å². The maximum Gasteiger partial charge on any atom is 0.253 e. The van der Waals surface area contributed by atoms with Crippen molar-refractivity contribution in [2.45, 2.75) is 32.0 Å². The fourth-order valence-electron chi connectivity index (χ4n) is 4.81. The number of hydrogen-bond acceptors (Lipinski definition) is 5. The van der Waals surface area contributed by atoms with Crippen LogP contribution in [-0.2, 0) is 13.0 Å². The SMILES string of the molecule is COc1cccc(CN2CCc3cc(OC)c(OC)cc3C2C(C)NC(=O)c2ccccc2Cl)c1. The van der Waals surface area contributed by atoms with Gasteiger partial charge in [0.2, 0.25) is 0 Å². The molecule has 3 aromatic rings. The predicted molar refractivity (Wildman–Crippen MR) is 138 cm³/mol. The Labute approximate surface area is 211 Å². The molecule has 2 unspecified atom stereocenters. The van der Waals surface area contributed by atoms with Gasteiger partial charge in [-0.15, -0.1) is 0 Å². The van der Waals surface area contributed by atoms with Gasteiger partial charge >= 0.3 is 0 Å². The van der Waals surface area contributed by atoms with Gasteiger partial charge in [0, 0.05) is 19.1 Å². The zero-order valence-electron chi connectivity index (χ0n) is 20.5. The molecule has 1 N–H and O–H groups in total. The highest BCUT2D eigenvalue weighted by Crippen LogP contribution is 2.40. The predicted octanol–water partition coefficient (Wildman–Crippen LogP) is 5.28. The Hall–Kier alpha value is -3.22. The number of halogens is 1. The average molecular weight is 495 g/mol. The summed E-state index contributed by atoms with van der Waals surface area (Å²) in [5.74, 6) is 2.00. The Morgan fingerprint density at radius 2 is 1.77 bits per heavy atom. The van der Waals surface area contributed by atoms with Crippen molar-refractivity contribution in [2.75, 3.05) is 27.9 Å². The fourth-order valence-corrected chi connectivity index (χ4v) is 5.03. The molecule has 3 aromatic carbocycles. The van der Waals surface area contributed by atoms with Gasteiger partial charge in [-0.25, -0.2) is 0 Å². The first-order valence-electron chi connectivity index (χ1n) is 11.6. The first-order valence-corrected chi connectivity index (χ1v) is 12.0. The molecule has 0 saturated carbocycles. The lowest BCUT2D eigenvalue weighted by molar-refractivity contribution is 0.0877. The average Bonchev–Trinajstić information content (AvgIpc) is 2.87. The van der Waals surface area contributed by atoms with Gasteiger partial charge in [-0.3, -0.25) is 9.69 Å². The summed E-state index contributed by atoms with van der Waals surface area (Å²) in [5.41, 5.74) is 3.91. The van der Waals surface area contributed by atoms with E-state index in [0.717, 1.165) is 29.8 Å². The number of nitrogens with zero attached hydrogens (tertiary/aromatic N) is 1. The maximum absolute atomic E-state index is 13.1. The Kier molecular flexibility index (Phi) is 7.83. The molecule has 0 bridgehead atoms. The van der Waals surface area contributed by atoms with E-state index in [9.17, 15) is 4.79 Å². The number of nitrogens with one attached hydrogen (secondary N) is 1. The molecule has 0 aromatic heterocycles. The standard InChI is InChI=1S/C28H31ClN2O4/c1-18(30-28(32)22-10-5-6-11-24(22)29)27-23-16-26(35-4)25(34-3)15-20(23)12-13-31(27)17-19-8-7-9-21(14-19)33-2/h5-11,14-16,18,27H,12-13,17H2,1-4H3,(H,30,32). The second-order valence-electron chi connectivity index (χ2n) is 8.66. The van der Waals surface area contributed by atoms with Crippen LogP contribution in [0.2, 0.25) is 5.02 Å². The van der Waals surface area contributed by atoms with Crippen LogP contribution >= 0.6 is 11.6 Å². The summed E-state index contributed by atoms with van der Waals surface area (Å²) >= 11 is 6.29. The van der Waals surface area contributed by atoms with Gasteiger partial charge in [-0.1, -0.05) is 35.9 Å². The second kappa shape index (κ2) is 11.0. The lowest BCUT2D eigenvalue weighted by Gasteiger charge is -2.41. The second-order valence-corrected chi connectivity index (χ2v) is 9.07.